The van der Waals surface area contributed by atoms with Gasteiger partial charge in [0.05, 0.1) is 32.0 Å². The van der Waals surface area contributed by atoms with E-state index in [0.717, 1.165) is 0 Å². The van der Waals surface area contributed by atoms with Crippen LogP contribution in [0.15, 0.2) is 12.1 Å². The van der Waals surface area contributed by atoms with E-state index in [9.17, 15) is 15.0 Å². The molecule has 0 saturated carbocycles. The number of rotatable bonds is 3. The number of carbonyl (C=O) groups excluding carboxylic acids is 1. The van der Waals surface area contributed by atoms with Gasteiger partial charge in [0.2, 0.25) is 11.8 Å². The molecule has 8 nitrogen and oxygen atoms in total. The van der Waals surface area contributed by atoms with Crippen LogP contribution in [0.2, 0.25) is 0 Å². The third-order valence-corrected chi connectivity index (χ3v) is 5.37. The first-order chi connectivity index (χ1) is 12.3. The average Bonchev–Trinajstić information content (AvgIpc) is 2.64. The summed E-state index contributed by atoms with van der Waals surface area (Å²) in [6.07, 6.45) is 0.680. The molecule has 2 aliphatic rings. The lowest BCUT2D eigenvalue weighted by atomic mass is 9.76. The molecule has 1 aromatic heterocycles. The van der Waals surface area contributed by atoms with Crippen LogP contribution in [-0.2, 0) is 4.74 Å². The standard InChI is InChI=1S/C18H26N2O6/c1-17(23)11-18(26-10-13(17)21)6-8-20(9-7-18)16(22)12-4-5-14(24-2)19-15(12)25-3/h4-5,13,21,23H,6-11H2,1-3H3/t13-,17-/m0/s1. The number of nitrogens with zero attached hydrogens (tertiary/aromatic N) is 2. The van der Waals surface area contributed by atoms with Crippen LogP contribution in [0.1, 0.15) is 36.5 Å². The van der Waals surface area contributed by atoms with Crippen LogP contribution >= 0.6 is 0 Å². The summed E-state index contributed by atoms with van der Waals surface area (Å²) in [5.41, 5.74) is -1.29. The summed E-state index contributed by atoms with van der Waals surface area (Å²) in [6, 6.07) is 3.28. The maximum absolute atomic E-state index is 12.9. The van der Waals surface area contributed by atoms with Crippen molar-refractivity contribution >= 4 is 5.91 Å². The molecule has 0 aliphatic carbocycles. The van der Waals surface area contributed by atoms with Gasteiger partial charge in [-0.25, -0.2) is 0 Å². The van der Waals surface area contributed by atoms with Gasteiger partial charge in [-0.15, -0.1) is 0 Å². The van der Waals surface area contributed by atoms with E-state index < -0.39 is 17.3 Å². The van der Waals surface area contributed by atoms with Crippen molar-refractivity contribution in [3.05, 3.63) is 17.7 Å². The smallest absolute Gasteiger partial charge is 0.259 e. The second kappa shape index (κ2) is 7.02. The summed E-state index contributed by atoms with van der Waals surface area (Å²) < 4.78 is 16.1. The first-order valence-electron chi connectivity index (χ1n) is 8.73. The van der Waals surface area contributed by atoms with Crippen molar-refractivity contribution in [2.75, 3.05) is 33.9 Å². The summed E-state index contributed by atoms with van der Waals surface area (Å²) in [4.78, 5) is 18.8. The van der Waals surface area contributed by atoms with Crippen molar-refractivity contribution in [1.29, 1.82) is 0 Å². The number of carbonyl (C=O) groups is 1. The van der Waals surface area contributed by atoms with Gasteiger partial charge in [-0.3, -0.25) is 4.79 Å². The molecule has 2 N–H and O–H groups in total. The van der Waals surface area contributed by atoms with Crippen molar-refractivity contribution in [2.24, 2.45) is 0 Å². The fourth-order valence-electron chi connectivity index (χ4n) is 3.72. The number of amides is 1. The zero-order valence-electron chi connectivity index (χ0n) is 15.4. The van der Waals surface area contributed by atoms with Crippen molar-refractivity contribution in [3.8, 4) is 11.8 Å². The molecule has 0 unspecified atom stereocenters. The molecule has 1 aromatic rings. The third kappa shape index (κ3) is 3.49. The number of aliphatic hydroxyl groups excluding tert-OH is 1. The predicted molar refractivity (Wildman–Crippen MR) is 92.4 cm³/mol. The first kappa shape index (κ1) is 18.9. The number of aromatic nitrogens is 1. The molecule has 3 rings (SSSR count). The molecular formula is C18H26N2O6. The highest BCUT2D eigenvalue weighted by molar-refractivity contribution is 5.96. The molecule has 2 atom stereocenters. The van der Waals surface area contributed by atoms with Gasteiger partial charge in [-0.1, -0.05) is 0 Å². The van der Waals surface area contributed by atoms with E-state index in [1.165, 1.54) is 14.2 Å². The fraction of sp³-hybridized carbons (Fsp3) is 0.667. The minimum absolute atomic E-state index is 0.108. The lowest BCUT2D eigenvalue weighted by Crippen LogP contribution is -2.59. The van der Waals surface area contributed by atoms with Gasteiger partial charge in [0.1, 0.15) is 11.7 Å². The third-order valence-electron chi connectivity index (χ3n) is 5.37. The number of ether oxygens (including phenoxy) is 3. The molecule has 144 valence electrons. The molecular weight excluding hydrogens is 340 g/mol. The van der Waals surface area contributed by atoms with Crippen LogP contribution in [0, 0.1) is 0 Å². The van der Waals surface area contributed by atoms with E-state index in [4.69, 9.17) is 14.2 Å². The van der Waals surface area contributed by atoms with E-state index in [0.29, 0.717) is 43.8 Å². The molecule has 1 amide bonds. The highest BCUT2D eigenvalue weighted by atomic mass is 16.5. The lowest BCUT2D eigenvalue weighted by molar-refractivity contribution is -0.221. The summed E-state index contributed by atoms with van der Waals surface area (Å²) in [5.74, 6) is 0.455. The van der Waals surface area contributed by atoms with Crippen molar-refractivity contribution in [1.82, 2.24) is 9.88 Å². The van der Waals surface area contributed by atoms with Gasteiger partial charge in [-0.05, 0) is 25.8 Å². The highest BCUT2D eigenvalue weighted by Gasteiger charge is 2.49. The van der Waals surface area contributed by atoms with Crippen LogP contribution < -0.4 is 9.47 Å². The maximum atomic E-state index is 12.9. The van der Waals surface area contributed by atoms with E-state index >= 15 is 0 Å². The number of likely N-dealkylation sites (tertiary alicyclic amines) is 1. The molecule has 26 heavy (non-hydrogen) atoms. The largest absolute Gasteiger partial charge is 0.481 e. The zero-order valence-corrected chi connectivity index (χ0v) is 15.4. The molecule has 2 aliphatic heterocycles. The Kier molecular flexibility index (Phi) is 5.09. The highest BCUT2D eigenvalue weighted by Crippen LogP contribution is 2.40. The Bertz CT molecular complexity index is 670. The van der Waals surface area contributed by atoms with Crippen molar-refractivity contribution in [3.63, 3.8) is 0 Å². The second-order valence-corrected chi connectivity index (χ2v) is 7.25. The molecule has 2 fully saturated rings. The number of hydrogen-bond acceptors (Lipinski definition) is 7. The number of piperidine rings is 1. The molecule has 2 saturated heterocycles. The number of methoxy groups -OCH3 is 2. The Labute approximate surface area is 152 Å². The van der Waals surface area contributed by atoms with Crippen LogP contribution in [0.3, 0.4) is 0 Å². The number of hydrogen-bond donors (Lipinski definition) is 2. The van der Waals surface area contributed by atoms with Crippen LogP contribution in [-0.4, -0.2) is 77.2 Å². The number of aliphatic hydroxyl groups is 2. The Morgan fingerprint density at radius 3 is 2.58 bits per heavy atom. The number of pyridine rings is 1. The van der Waals surface area contributed by atoms with Crippen LogP contribution in [0.5, 0.6) is 11.8 Å². The van der Waals surface area contributed by atoms with E-state index in [1.54, 1.807) is 24.0 Å². The SMILES string of the molecule is COc1ccc(C(=O)N2CCC3(CC2)C[C@](C)(O)[C@@H](O)CO3)c(OC)n1. The Hall–Kier alpha value is -1.90. The van der Waals surface area contributed by atoms with Gasteiger partial charge in [0.25, 0.3) is 5.91 Å². The van der Waals surface area contributed by atoms with Crippen LogP contribution in [0.4, 0.5) is 0 Å². The summed E-state index contributed by atoms with van der Waals surface area (Å²) >= 11 is 0. The van der Waals surface area contributed by atoms with Gasteiger partial charge in [0, 0.05) is 25.6 Å². The van der Waals surface area contributed by atoms with Gasteiger partial charge >= 0.3 is 0 Å². The van der Waals surface area contributed by atoms with E-state index in [1.807, 2.05) is 0 Å². The molecule has 0 aromatic carbocycles. The Morgan fingerprint density at radius 1 is 1.31 bits per heavy atom. The first-order valence-corrected chi connectivity index (χ1v) is 8.73. The van der Waals surface area contributed by atoms with Gasteiger partial charge < -0.3 is 29.3 Å². The molecule has 3 heterocycles. The van der Waals surface area contributed by atoms with Gasteiger partial charge in [-0.2, -0.15) is 4.98 Å². The zero-order chi connectivity index (χ0) is 18.9. The molecule has 1 spiro atoms. The fourth-order valence-corrected chi connectivity index (χ4v) is 3.72. The molecule has 8 heteroatoms. The van der Waals surface area contributed by atoms with Crippen molar-refractivity contribution in [2.45, 2.75) is 43.5 Å². The lowest BCUT2D eigenvalue weighted by Gasteiger charge is -2.49. The average molecular weight is 366 g/mol. The minimum Gasteiger partial charge on any atom is -0.481 e. The topological polar surface area (TPSA) is 101 Å². The Balaban J connectivity index is 1.69. The van der Waals surface area contributed by atoms with E-state index in [-0.39, 0.29) is 18.4 Å². The van der Waals surface area contributed by atoms with E-state index in [2.05, 4.69) is 4.98 Å². The minimum atomic E-state index is -1.17. The summed E-state index contributed by atoms with van der Waals surface area (Å²) in [7, 11) is 2.97. The normalized spacial score (nSPS) is 28.0. The summed E-state index contributed by atoms with van der Waals surface area (Å²) in [5, 5.41) is 20.3. The summed E-state index contributed by atoms with van der Waals surface area (Å²) in [6.45, 7) is 2.74. The predicted octanol–water partition coefficient (Wildman–Crippen LogP) is 0.606. The second-order valence-electron chi connectivity index (χ2n) is 7.25. The maximum Gasteiger partial charge on any atom is 0.259 e. The monoisotopic (exact) mass is 366 g/mol. The van der Waals surface area contributed by atoms with Crippen LogP contribution in [0.25, 0.3) is 0 Å². The Morgan fingerprint density at radius 2 is 2.00 bits per heavy atom. The molecule has 0 bridgehead atoms. The quantitative estimate of drug-likeness (QED) is 0.808. The molecule has 0 radical (unpaired) electrons. The van der Waals surface area contributed by atoms with Crippen molar-refractivity contribution < 1.29 is 29.2 Å². The van der Waals surface area contributed by atoms with Gasteiger partial charge in [0.15, 0.2) is 0 Å².